The number of ether oxygens (including phenoxy) is 1. The van der Waals surface area contributed by atoms with Gasteiger partial charge in [-0.15, -0.1) is 0 Å². The Morgan fingerprint density at radius 1 is 1.47 bits per heavy atom. The minimum atomic E-state index is -0.0418. The second-order valence-corrected chi connectivity index (χ2v) is 5.58. The minimum Gasteiger partial charge on any atom is -0.483 e. The largest absolute Gasteiger partial charge is 0.483 e. The summed E-state index contributed by atoms with van der Waals surface area (Å²) in [4.78, 5) is 11.6. The number of hydrogen-bond donors (Lipinski definition) is 2. The van der Waals surface area contributed by atoms with Crippen LogP contribution in [0.4, 0.5) is 0 Å². The first kappa shape index (κ1) is 14.3. The lowest BCUT2D eigenvalue weighted by Gasteiger charge is -2.12. The highest BCUT2D eigenvalue weighted by atomic mass is 79.9. The molecule has 0 aliphatic heterocycles. The van der Waals surface area contributed by atoms with Crippen LogP contribution in [0.2, 0.25) is 0 Å². The summed E-state index contributed by atoms with van der Waals surface area (Å²) in [7, 11) is 0. The molecule has 104 valence electrons. The van der Waals surface area contributed by atoms with E-state index in [1.54, 1.807) is 0 Å². The standard InChI is InChI=1S/C14H19BrN2O2/c1-2-16-8-10-7-11(15)3-6-13(10)19-9-14(18)17-12-4-5-12/h3,6-7,12,16H,2,4-5,8-9H2,1H3,(H,17,18). The van der Waals surface area contributed by atoms with Crippen molar-refractivity contribution >= 4 is 21.8 Å². The summed E-state index contributed by atoms with van der Waals surface area (Å²) in [5.41, 5.74) is 1.05. The average Bonchev–Trinajstić information content (AvgIpc) is 3.19. The molecular formula is C14H19BrN2O2. The van der Waals surface area contributed by atoms with E-state index >= 15 is 0 Å². The predicted octanol–water partition coefficient (Wildman–Crippen LogP) is 2.22. The van der Waals surface area contributed by atoms with Gasteiger partial charge in [0.1, 0.15) is 5.75 Å². The van der Waals surface area contributed by atoms with Crippen molar-refractivity contribution < 1.29 is 9.53 Å². The number of hydrogen-bond acceptors (Lipinski definition) is 3. The molecule has 1 fully saturated rings. The second-order valence-electron chi connectivity index (χ2n) is 4.66. The zero-order chi connectivity index (χ0) is 13.7. The molecule has 0 unspecified atom stereocenters. The van der Waals surface area contributed by atoms with Crippen LogP contribution < -0.4 is 15.4 Å². The van der Waals surface area contributed by atoms with E-state index in [4.69, 9.17) is 4.74 Å². The molecule has 1 aliphatic rings. The minimum absolute atomic E-state index is 0.0418. The number of rotatable bonds is 7. The van der Waals surface area contributed by atoms with Crippen molar-refractivity contribution in [3.05, 3.63) is 28.2 Å². The Morgan fingerprint density at radius 2 is 2.26 bits per heavy atom. The quantitative estimate of drug-likeness (QED) is 0.807. The first-order valence-electron chi connectivity index (χ1n) is 6.60. The molecule has 1 aromatic rings. The Hall–Kier alpha value is -1.07. The van der Waals surface area contributed by atoms with Crippen LogP contribution in [-0.2, 0) is 11.3 Å². The fourth-order valence-corrected chi connectivity index (χ4v) is 2.14. The Bertz CT molecular complexity index is 447. The van der Waals surface area contributed by atoms with Gasteiger partial charge in [-0.2, -0.15) is 0 Å². The first-order chi connectivity index (χ1) is 9.19. The molecule has 0 radical (unpaired) electrons. The molecule has 0 aromatic heterocycles. The Morgan fingerprint density at radius 3 is 2.95 bits per heavy atom. The van der Waals surface area contributed by atoms with Gasteiger partial charge in [-0.05, 0) is 37.6 Å². The Balaban J connectivity index is 1.91. The Labute approximate surface area is 122 Å². The van der Waals surface area contributed by atoms with E-state index < -0.39 is 0 Å². The van der Waals surface area contributed by atoms with Gasteiger partial charge in [0.25, 0.3) is 5.91 Å². The second kappa shape index (κ2) is 6.91. The topological polar surface area (TPSA) is 50.4 Å². The van der Waals surface area contributed by atoms with E-state index in [1.165, 1.54) is 0 Å². The van der Waals surface area contributed by atoms with E-state index in [1.807, 2.05) is 18.2 Å². The van der Waals surface area contributed by atoms with Crippen molar-refractivity contribution in [3.8, 4) is 5.75 Å². The molecule has 0 saturated heterocycles. The molecule has 0 spiro atoms. The van der Waals surface area contributed by atoms with Crippen molar-refractivity contribution in [3.63, 3.8) is 0 Å². The van der Waals surface area contributed by atoms with Crippen LogP contribution in [0.25, 0.3) is 0 Å². The van der Waals surface area contributed by atoms with Gasteiger partial charge < -0.3 is 15.4 Å². The molecule has 4 nitrogen and oxygen atoms in total. The van der Waals surface area contributed by atoms with Crippen LogP contribution in [0.5, 0.6) is 5.75 Å². The van der Waals surface area contributed by atoms with Crippen molar-refractivity contribution in [2.75, 3.05) is 13.2 Å². The number of benzene rings is 1. The highest BCUT2D eigenvalue weighted by molar-refractivity contribution is 9.10. The van der Waals surface area contributed by atoms with Crippen LogP contribution in [0.1, 0.15) is 25.3 Å². The molecule has 1 aliphatic carbocycles. The number of amides is 1. The summed E-state index contributed by atoms with van der Waals surface area (Å²) < 4.78 is 6.62. The molecule has 0 atom stereocenters. The van der Waals surface area contributed by atoms with Gasteiger partial charge >= 0.3 is 0 Å². The van der Waals surface area contributed by atoms with E-state index in [0.717, 1.165) is 41.7 Å². The van der Waals surface area contributed by atoms with Crippen molar-refractivity contribution in [2.45, 2.75) is 32.4 Å². The van der Waals surface area contributed by atoms with Gasteiger partial charge in [0.05, 0.1) is 0 Å². The van der Waals surface area contributed by atoms with Gasteiger partial charge in [0, 0.05) is 22.6 Å². The third kappa shape index (κ3) is 4.84. The van der Waals surface area contributed by atoms with Crippen molar-refractivity contribution in [2.24, 2.45) is 0 Å². The lowest BCUT2D eigenvalue weighted by molar-refractivity contribution is -0.123. The number of carbonyl (C=O) groups excluding carboxylic acids is 1. The van der Waals surface area contributed by atoms with Crippen LogP contribution >= 0.6 is 15.9 Å². The van der Waals surface area contributed by atoms with Gasteiger partial charge in [0.2, 0.25) is 0 Å². The highest BCUT2D eigenvalue weighted by Gasteiger charge is 2.23. The van der Waals surface area contributed by atoms with E-state index in [9.17, 15) is 4.79 Å². The van der Waals surface area contributed by atoms with Crippen LogP contribution in [-0.4, -0.2) is 25.1 Å². The lowest BCUT2D eigenvalue weighted by atomic mass is 10.2. The maximum Gasteiger partial charge on any atom is 0.258 e. The van der Waals surface area contributed by atoms with E-state index in [0.29, 0.717) is 6.04 Å². The van der Waals surface area contributed by atoms with Crippen molar-refractivity contribution in [1.82, 2.24) is 10.6 Å². The predicted molar refractivity (Wildman–Crippen MR) is 78.2 cm³/mol. The summed E-state index contributed by atoms with van der Waals surface area (Å²) in [5.74, 6) is 0.718. The lowest BCUT2D eigenvalue weighted by Crippen LogP contribution is -2.30. The third-order valence-electron chi connectivity index (χ3n) is 2.89. The molecule has 19 heavy (non-hydrogen) atoms. The van der Waals surface area contributed by atoms with E-state index in [-0.39, 0.29) is 12.5 Å². The fourth-order valence-electron chi connectivity index (χ4n) is 1.73. The van der Waals surface area contributed by atoms with E-state index in [2.05, 4.69) is 33.5 Å². The average molecular weight is 327 g/mol. The monoisotopic (exact) mass is 326 g/mol. The Kier molecular flexibility index (Phi) is 5.22. The molecule has 1 saturated carbocycles. The molecule has 0 heterocycles. The van der Waals surface area contributed by atoms with Crippen LogP contribution in [0.3, 0.4) is 0 Å². The van der Waals surface area contributed by atoms with Crippen molar-refractivity contribution in [1.29, 1.82) is 0 Å². The number of halogens is 1. The first-order valence-corrected chi connectivity index (χ1v) is 7.39. The maximum atomic E-state index is 11.6. The molecular weight excluding hydrogens is 308 g/mol. The molecule has 1 amide bonds. The summed E-state index contributed by atoms with van der Waals surface area (Å²) in [6, 6.07) is 6.20. The molecule has 0 bridgehead atoms. The molecule has 2 rings (SSSR count). The summed E-state index contributed by atoms with van der Waals surface area (Å²) in [6.07, 6.45) is 2.19. The fraction of sp³-hybridized carbons (Fsp3) is 0.500. The van der Waals surface area contributed by atoms with Gasteiger partial charge in [-0.3, -0.25) is 4.79 Å². The smallest absolute Gasteiger partial charge is 0.258 e. The van der Waals surface area contributed by atoms with Crippen LogP contribution in [0.15, 0.2) is 22.7 Å². The number of carbonyl (C=O) groups is 1. The zero-order valence-corrected chi connectivity index (χ0v) is 12.6. The summed E-state index contributed by atoms with van der Waals surface area (Å²) in [6.45, 7) is 3.77. The normalized spacial score (nSPS) is 14.2. The molecule has 2 N–H and O–H groups in total. The maximum absolute atomic E-state index is 11.6. The van der Waals surface area contributed by atoms with Gasteiger partial charge in [-0.1, -0.05) is 22.9 Å². The SMILES string of the molecule is CCNCc1cc(Br)ccc1OCC(=O)NC1CC1. The van der Waals surface area contributed by atoms with Gasteiger partial charge in [0.15, 0.2) is 6.61 Å². The highest BCUT2D eigenvalue weighted by Crippen LogP contribution is 2.23. The van der Waals surface area contributed by atoms with Gasteiger partial charge in [-0.25, -0.2) is 0 Å². The summed E-state index contributed by atoms with van der Waals surface area (Å²) in [5, 5.41) is 6.17. The zero-order valence-electron chi connectivity index (χ0n) is 11.0. The molecule has 1 aromatic carbocycles. The number of nitrogens with one attached hydrogen (secondary N) is 2. The summed E-state index contributed by atoms with van der Waals surface area (Å²) >= 11 is 3.45. The van der Waals surface area contributed by atoms with Crippen LogP contribution in [0, 0.1) is 0 Å². The third-order valence-corrected chi connectivity index (χ3v) is 3.38. The molecule has 5 heteroatoms.